The van der Waals surface area contributed by atoms with Gasteiger partial charge in [-0.25, -0.2) is 9.36 Å². The first kappa shape index (κ1) is 22.1. The molecule has 2 aromatic rings. The van der Waals surface area contributed by atoms with Gasteiger partial charge in [0.25, 0.3) is 17.0 Å². The third-order valence-corrected chi connectivity index (χ3v) is 4.96. The van der Waals surface area contributed by atoms with E-state index in [-0.39, 0.29) is 34.8 Å². The third-order valence-electron chi connectivity index (χ3n) is 4.96. The summed E-state index contributed by atoms with van der Waals surface area (Å²) in [7, 11) is 7.56. The normalized spacial score (nSPS) is 12.2. The second-order valence-electron chi connectivity index (χ2n) is 7.58. The molecule has 11 nitrogen and oxygen atoms in total. The van der Waals surface area contributed by atoms with Crippen LogP contribution in [0.25, 0.3) is 0 Å². The molecule has 0 aliphatic heterocycles. The number of carbonyl (C=O) groups is 1. The van der Waals surface area contributed by atoms with Gasteiger partial charge in [0.15, 0.2) is 17.3 Å². The Bertz CT molecular complexity index is 1050. The van der Waals surface area contributed by atoms with Crippen molar-refractivity contribution in [2.45, 2.75) is 26.8 Å². The van der Waals surface area contributed by atoms with Crippen molar-refractivity contribution in [2.24, 2.45) is 27.1 Å². The average molecular weight is 407 g/mol. The molecule has 2 rings (SSSR count). The molecule has 1 unspecified atom stereocenters. The van der Waals surface area contributed by atoms with Gasteiger partial charge in [0.05, 0.1) is 0 Å². The number of amides is 1. The number of aromatic hydroxyl groups is 1. The third kappa shape index (κ3) is 3.98. The van der Waals surface area contributed by atoms with Crippen LogP contribution in [0.15, 0.2) is 9.59 Å². The minimum absolute atomic E-state index is 0.0387. The molecule has 0 spiro atoms. The van der Waals surface area contributed by atoms with Crippen LogP contribution in [-0.2, 0) is 21.1 Å². The molecule has 3 N–H and O–H groups in total. The monoisotopic (exact) mass is 407 g/mol. The zero-order valence-electron chi connectivity index (χ0n) is 18.1. The van der Waals surface area contributed by atoms with Crippen molar-refractivity contribution in [3.63, 3.8) is 0 Å². The Hall–Kier alpha value is -3.24. The van der Waals surface area contributed by atoms with Crippen LogP contribution in [0.1, 0.15) is 31.3 Å². The summed E-state index contributed by atoms with van der Waals surface area (Å²) in [5.74, 6) is -0.751. The first-order valence-electron chi connectivity index (χ1n) is 9.19. The predicted molar refractivity (Wildman–Crippen MR) is 111 cm³/mol. The van der Waals surface area contributed by atoms with E-state index in [0.717, 1.165) is 4.68 Å². The Labute approximate surface area is 168 Å². The molecular weight excluding hydrogens is 378 g/mol. The zero-order chi connectivity index (χ0) is 22.2. The van der Waals surface area contributed by atoms with Gasteiger partial charge in [-0.05, 0) is 12.8 Å². The summed E-state index contributed by atoms with van der Waals surface area (Å²) in [6.45, 7) is 5.87. The van der Waals surface area contributed by atoms with Crippen molar-refractivity contribution in [1.82, 2.24) is 24.0 Å². The van der Waals surface area contributed by atoms with Gasteiger partial charge in [-0.3, -0.25) is 19.1 Å². The molecule has 0 aromatic carbocycles. The Morgan fingerprint density at radius 1 is 1.03 bits per heavy atom. The highest BCUT2D eigenvalue weighted by molar-refractivity contribution is 5.97. The van der Waals surface area contributed by atoms with E-state index in [9.17, 15) is 19.5 Å². The molecule has 0 aliphatic carbocycles. The van der Waals surface area contributed by atoms with Crippen LogP contribution in [0.3, 0.4) is 0 Å². The molecule has 0 fully saturated rings. The summed E-state index contributed by atoms with van der Waals surface area (Å²) >= 11 is 0. The molecule has 0 aliphatic rings. The van der Waals surface area contributed by atoms with Crippen LogP contribution in [0.5, 0.6) is 5.75 Å². The molecule has 1 atom stereocenters. The maximum absolute atomic E-state index is 12.9. The van der Waals surface area contributed by atoms with Crippen LogP contribution < -0.4 is 21.8 Å². The highest BCUT2D eigenvalue weighted by atomic mass is 16.3. The SMILES string of the molecule is CC(C)C(C)Nc1c(Nc2nn(C)c(C(=O)N(C)C)c2O)c(=O)n(C)n(C)c1=O. The molecule has 2 aromatic heterocycles. The van der Waals surface area contributed by atoms with E-state index in [1.54, 1.807) is 14.1 Å². The van der Waals surface area contributed by atoms with Crippen LogP contribution in [0.4, 0.5) is 17.2 Å². The molecule has 11 heteroatoms. The number of rotatable bonds is 6. The van der Waals surface area contributed by atoms with Crippen molar-refractivity contribution in [3.8, 4) is 5.75 Å². The van der Waals surface area contributed by atoms with E-state index in [1.807, 2.05) is 20.8 Å². The summed E-state index contributed by atoms with van der Waals surface area (Å²) in [6.07, 6.45) is 0. The van der Waals surface area contributed by atoms with Gasteiger partial charge in [0.2, 0.25) is 0 Å². The number of nitrogens with one attached hydrogen (secondary N) is 2. The standard InChI is InChI=1S/C18H29N7O4/c1-9(2)10(3)19-11-12(17(28)25(8)24(7)16(11)27)20-15-14(26)13(23(6)21-15)18(29)22(4)5/h9-10,19,26H,1-8H3,(H,20,21). The van der Waals surface area contributed by atoms with Gasteiger partial charge < -0.3 is 20.6 Å². The second-order valence-corrected chi connectivity index (χ2v) is 7.58. The second kappa shape index (κ2) is 8.02. The molecule has 0 saturated carbocycles. The topological polar surface area (TPSA) is 126 Å². The van der Waals surface area contributed by atoms with E-state index >= 15 is 0 Å². The highest BCUT2D eigenvalue weighted by Crippen LogP contribution is 2.30. The molecule has 1 amide bonds. The molecule has 2 heterocycles. The van der Waals surface area contributed by atoms with Crippen LogP contribution in [0, 0.1) is 5.92 Å². The van der Waals surface area contributed by atoms with E-state index in [1.165, 1.54) is 35.4 Å². The highest BCUT2D eigenvalue weighted by Gasteiger charge is 2.26. The molecule has 160 valence electrons. The maximum Gasteiger partial charge on any atom is 0.291 e. The number of anilines is 3. The largest absolute Gasteiger partial charge is 0.503 e. The molecule has 0 radical (unpaired) electrons. The van der Waals surface area contributed by atoms with Gasteiger partial charge in [-0.15, -0.1) is 0 Å². The molecule has 0 saturated heterocycles. The number of aryl methyl sites for hydroxylation is 1. The van der Waals surface area contributed by atoms with Crippen molar-refractivity contribution < 1.29 is 9.90 Å². The molecule has 29 heavy (non-hydrogen) atoms. The van der Waals surface area contributed by atoms with Crippen LogP contribution in [-0.4, -0.2) is 55.2 Å². The van der Waals surface area contributed by atoms with Gasteiger partial charge >= 0.3 is 0 Å². The molecular formula is C18H29N7O4. The quantitative estimate of drug-likeness (QED) is 0.634. The molecule has 0 bridgehead atoms. The minimum atomic E-state index is -0.490. The number of nitrogens with zero attached hydrogens (tertiary/aromatic N) is 5. The lowest BCUT2D eigenvalue weighted by Crippen LogP contribution is -2.39. The Kier molecular flexibility index (Phi) is 6.10. The number of aromatic nitrogens is 4. The maximum atomic E-state index is 12.9. The Morgan fingerprint density at radius 2 is 1.55 bits per heavy atom. The minimum Gasteiger partial charge on any atom is -0.503 e. The lowest BCUT2D eigenvalue weighted by atomic mass is 10.1. The van der Waals surface area contributed by atoms with Gasteiger partial charge in [-0.1, -0.05) is 13.8 Å². The first-order valence-corrected chi connectivity index (χ1v) is 9.19. The average Bonchev–Trinajstić information content (AvgIpc) is 2.93. The van der Waals surface area contributed by atoms with Gasteiger partial charge in [0.1, 0.15) is 11.4 Å². The van der Waals surface area contributed by atoms with Crippen LogP contribution >= 0.6 is 0 Å². The number of hydrogen-bond acceptors (Lipinski definition) is 7. The van der Waals surface area contributed by atoms with E-state index in [0.29, 0.717) is 0 Å². The number of carbonyl (C=O) groups excluding carboxylic acids is 1. The Morgan fingerprint density at radius 3 is 2.03 bits per heavy atom. The summed E-state index contributed by atoms with van der Waals surface area (Å²) in [4.78, 5) is 39.3. The summed E-state index contributed by atoms with van der Waals surface area (Å²) in [5, 5.41) is 20.5. The van der Waals surface area contributed by atoms with Gasteiger partial charge in [-0.2, -0.15) is 5.10 Å². The zero-order valence-corrected chi connectivity index (χ0v) is 18.1. The lowest BCUT2D eigenvalue weighted by molar-refractivity contribution is 0.0814. The van der Waals surface area contributed by atoms with Crippen molar-refractivity contribution in [1.29, 1.82) is 0 Å². The Balaban J connectivity index is 2.65. The predicted octanol–water partition coefficient (Wildman–Crippen LogP) is 0.425. The fourth-order valence-electron chi connectivity index (χ4n) is 2.62. The number of hydrogen-bond donors (Lipinski definition) is 3. The summed E-state index contributed by atoms with van der Waals surface area (Å²) < 4.78 is 3.57. The van der Waals surface area contributed by atoms with Crippen molar-refractivity contribution >= 4 is 23.1 Å². The fraction of sp³-hybridized carbons (Fsp3) is 0.556. The summed E-state index contributed by atoms with van der Waals surface area (Å²) in [5.41, 5.74) is -0.927. The van der Waals surface area contributed by atoms with Gasteiger partial charge in [0, 0.05) is 41.3 Å². The van der Waals surface area contributed by atoms with E-state index in [2.05, 4.69) is 15.7 Å². The lowest BCUT2D eigenvalue weighted by Gasteiger charge is -2.21. The van der Waals surface area contributed by atoms with E-state index < -0.39 is 22.8 Å². The van der Waals surface area contributed by atoms with E-state index in [4.69, 9.17) is 0 Å². The van der Waals surface area contributed by atoms with Crippen molar-refractivity contribution in [3.05, 3.63) is 26.4 Å². The first-order chi connectivity index (χ1) is 13.4. The smallest absolute Gasteiger partial charge is 0.291 e. The summed E-state index contributed by atoms with van der Waals surface area (Å²) in [6, 6.07) is -0.0986. The van der Waals surface area contributed by atoms with Crippen molar-refractivity contribution in [2.75, 3.05) is 24.7 Å². The fourth-order valence-corrected chi connectivity index (χ4v) is 2.62. The van der Waals surface area contributed by atoms with Crippen LogP contribution in [0.2, 0.25) is 0 Å².